The zero-order valence-electron chi connectivity index (χ0n) is 13.3. The Kier molecular flexibility index (Phi) is 4.51. The number of halogens is 3. The SMILES string of the molecule is CC1CCN(C(=O)C2CC2C(=O)Nc2ccc(F)c(F)c2F)CC1. The molecule has 2 atom stereocenters. The predicted molar refractivity (Wildman–Crippen MR) is 81.5 cm³/mol. The minimum Gasteiger partial charge on any atom is -0.342 e. The maximum absolute atomic E-state index is 13.6. The van der Waals surface area contributed by atoms with Crippen LogP contribution in [0.5, 0.6) is 0 Å². The topological polar surface area (TPSA) is 49.4 Å². The highest BCUT2D eigenvalue weighted by Gasteiger charge is 2.49. The molecule has 2 aliphatic rings. The van der Waals surface area contributed by atoms with Crippen molar-refractivity contribution in [3.05, 3.63) is 29.6 Å². The molecule has 1 saturated heterocycles. The minimum absolute atomic E-state index is 0.0483. The van der Waals surface area contributed by atoms with Crippen molar-refractivity contribution in [1.29, 1.82) is 0 Å². The van der Waals surface area contributed by atoms with E-state index in [1.165, 1.54) is 0 Å². The van der Waals surface area contributed by atoms with E-state index in [1.54, 1.807) is 4.90 Å². The predicted octanol–water partition coefficient (Wildman–Crippen LogP) is 2.94. The van der Waals surface area contributed by atoms with E-state index in [0.717, 1.165) is 25.0 Å². The Bertz CT molecular complexity index is 672. The first kappa shape index (κ1) is 16.8. The molecule has 4 nitrogen and oxygen atoms in total. The number of hydrogen-bond donors (Lipinski definition) is 1. The molecule has 1 aromatic carbocycles. The highest BCUT2D eigenvalue weighted by molar-refractivity contribution is 5.99. The standard InChI is InChI=1S/C17H19F3N2O2/c1-9-4-6-22(7-5-9)17(24)11-8-10(11)16(23)21-13-3-2-12(18)14(19)15(13)20/h2-3,9-11H,4-8H2,1H3,(H,21,23). The lowest BCUT2D eigenvalue weighted by atomic mass is 9.99. The third-order valence-electron chi connectivity index (χ3n) is 4.83. The molecule has 1 aliphatic heterocycles. The third-order valence-corrected chi connectivity index (χ3v) is 4.83. The normalized spacial score (nSPS) is 23.9. The summed E-state index contributed by atoms with van der Waals surface area (Å²) in [5.74, 6) is -5.30. The summed E-state index contributed by atoms with van der Waals surface area (Å²) in [7, 11) is 0. The van der Waals surface area contributed by atoms with Gasteiger partial charge >= 0.3 is 0 Å². The van der Waals surface area contributed by atoms with Crippen molar-refractivity contribution in [3.8, 4) is 0 Å². The van der Waals surface area contributed by atoms with Gasteiger partial charge in [0.25, 0.3) is 0 Å². The van der Waals surface area contributed by atoms with E-state index >= 15 is 0 Å². The Labute approximate surface area is 138 Å². The van der Waals surface area contributed by atoms with E-state index in [4.69, 9.17) is 0 Å². The average Bonchev–Trinajstić information content (AvgIpc) is 3.36. The molecule has 7 heteroatoms. The maximum Gasteiger partial charge on any atom is 0.228 e. The lowest BCUT2D eigenvalue weighted by molar-refractivity contribution is -0.135. The van der Waals surface area contributed by atoms with E-state index in [1.807, 2.05) is 0 Å². The fraction of sp³-hybridized carbons (Fsp3) is 0.529. The van der Waals surface area contributed by atoms with Crippen LogP contribution in [0, 0.1) is 35.2 Å². The Morgan fingerprint density at radius 2 is 1.75 bits per heavy atom. The molecule has 0 bridgehead atoms. The first-order valence-corrected chi connectivity index (χ1v) is 8.11. The zero-order valence-corrected chi connectivity index (χ0v) is 13.3. The molecule has 0 aromatic heterocycles. The van der Waals surface area contributed by atoms with Crippen molar-refractivity contribution >= 4 is 17.5 Å². The quantitative estimate of drug-likeness (QED) is 0.860. The zero-order chi connectivity index (χ0) is 17.4. The van der Waals surface area contributed by atoms with Crippen molar-refractivity contribution in [3.63, 3.8) is 0 Å². The number of amides is 2. The highest BCUT2D eigenvalue weighted by Crippen LogP contribution is 2.41. The first-order chi connectivity index (χ1) is 11.4. The van der Waals surface area contributed by atoms with E-state index in [0.29, 0.717) is 25.4 Å². The molecule has 1 aromatic rings. The van der Waals surface area contributed by atoms with Crippen LogP contribution in [0.3, 0.4) is 0 Å². The van der Waals surface area contributed by atoms with Crippen LogP contribution < -0.4 is 5.32 Å². The molecule has 1 aliphatic carbocycles. The van der Waals surface area contributed by atoms with Gasteiger partial charge in [0.2, 0.25) is 11.8 Å². The van der Waals surface area contributed by atoms with Gasteiger partial charge in [-0.3, -0.25) is 9.59 Å². The van der Waals surface area contributed by atoms with Crippen LogP contribution in [0.1, 0.15) is 26.2 Å². The Morgan fingerprint density at radius 1 is 1.08 bits per heavy atom. The first-order valence-electron chi connectivity index (χ1n) is 8.11. The van der Waals surface area contributed by atoms with E-state index < -0.39 is 40.9 Å². The lowest BCUT2D eigenvalue weighted by Gasteiger charge is -2.30. The summed E-state index contributed by atoms with van der Waals surface area (Å²) in [6.45, 7) is 3.54. The van der Waals surface area contributed by atoms with Gasteiger partial charge in [0.15, 0.2) is 17.5 Å². The molecule has 24 heavy (non-hydrogen) atoms. The molecule has 1 saturated carbocycles. The number of carbonyl (C=O) groups is 2. The van der Waals surface area contributed by atoms with Gasteiger partial charge in [-0.05, 0) is 37.3 Å². The molecule has 1 N–H and O–H groups in total. The van der Waals surface area contributed by atoms with Crippen LogP contribution in [0.25, 0.3) is 0 Å². The fourth-order valence-corrected chi connectivity index (χ4v) is 3.07. The number of nitrogens with zero attached hydrogens (tertiary/aromatic N) is 1. The van der Waals surface area contributed by atoms with Gasteiger partial charge in [0, 0.05) is 13.1 Å². The summed E-state index contributed by atoms with van der Waals surface area (Å²) in [5, 5.41) is 2.24. The smallest absolute Gasteiger partial charge is 0.228 e. The second-order valence-corrected chi connectivity index (χ2v) is 6.67. The maximum atomic E-state index is 13.6. The van der Waals surface area contributed by atoms with Crippen LogP contribution in [0.2, 0.25) is 0 Å². The van der Waals surface area contributed by atoms with Gasteiger partial charge in [-0.25, -0.2) is 13.2 Å². The summed E-state index contributed by atoms with van der Waals surface area (Å²) < 4.78 is 39.7. The van der Waals surface area contributed by atoms with Crippen LogP contribution in [0.4, 0.5) is 18.9 Å². The van der Waals surface area contributed by atoms with E-state index in [-0.39, 0.29) is 5.91 Å². The van der Waals surface area contributed by atoms with E-state index in [2.05, 4.69) is 12.2 Å². The van der Waals surface area contributed by atoms with Crippen molar-refractivity contribution < 1.29 is 22.8 Å². The van der Waals surface area contributed by atoms with Gasteiger partial charge in [-0.2, -0.15) is 0 Å². The van der Waals surface area contributed by atoms with Crippen molar-refractivity contribution in [2.75, 3.05) is 18.4 Å². The Hall–Kier alpha value is -2.05. The van der Waals surface area contributed by atoms with Crippen molar-refractivity contribution in [2.45, 2.75) is 26.2 Å². The monoisotopic (exact) mass is 340 g/mol. The van der Waals surface area contributed by atoms with Crippen molar-refractivity contribution in [2.24, 2.45) is 17.8 Å². The molecular formula is C17H19F3N2O2. The number of likely N-dealkylation sites (tertiary alicyclic amines) is 1. The van der Waals surface area contributed by atoms with Gasteiger partial charge in [-0.15, -0.1) is 0 Å². The number of piperidine rings is 1. The van der Waals surface area contributed by atoms with Crippen LogP contribution in [-0.2, 0) is 9.59 Å². The third kappa shape index (κ3) is 3.25. The number of benzene rings is 1. The number of carbonyl (C=O) groups excluding carboxylic acids is 2. The second kappa shape index (κ2) is 6.45. The summed E-state index contributed by atoms with van der Waals surface area (Å²) in [6.07, 6.45) is 2.31. The summed E-state index contributed by atoms with van der Waals surface area (Å²) in [4.78, 5) is 26.2. The molecule has 2 fully saturated rings. The molecule has 0 spiro atoms. The second-order valence-electron chi connectivity index (χ2n) is 6.67. The summed E-state index contributed by atoms with van der Waals surface area (Å²) >= 11 is 0. The van der Waals surface area contributed by atoms with Gasteiger partial charge in [0.1, 0.15) is 0 Å². The number of anilines is 1. The van der Waals surface area contributed by atoms with Crippen LogP contribution >= 0.6 is 0 Å². The van der Waals surface area contributed by atoms with Crippen LogP contribution in [0.15, 0.2) is 12.1 Å². The molecule has 2 unspecified atom stereocenters. The van der Waals surface area contributed by atoms with E-state index in [9.17, 15) is 22.8 Å². The molecule has 0 radical (unpaired) electrons. The lowest BCUT2D eigenvalue weighted by Crippen LogP contribution is -2.39. The fourth-order valence-electron chi connectivity index (χ4n) is 3.07. The van der Waals surface area contributed by atoms with Crippen LogP contribution in [-0.4, -0.2) is 29.8 Å². The molecule has 130 valence electrons. The number of nitrogens with one attached hydrogen (secondary N) is 1. The summed E-state index contributed by atoms with van der Waals surface area (Å²) in [5.41, 5.74) is -0.413. The number of rotatable bonds is 3. The Morgan fingerprint density at radius 3 is 2.42 bits per heavy atom. The number of hydrogen-bond acceptors (Lipinski definition) is 2. The van der Waals surface area contributed by atoms with Crippen molar-refractivity contribution in [1.82, 2.24) is 4.90 Å². The van der Waals surface area contributed by atoms with Gasteiger partial charge in [-0.1, -0.05) is 6.92 Å². The van der Waals surface area contributed by atoms with Gasteiger partial charge < -0.3 is 10.2 Å². The molecule has 2 amide bonds. The minimum atomic E-state index is -1.63. The molecular weight excluding hydrogens is 321 g/mol. The largest absolute Gasteiger partial charge is 0.342 e. The summed E-state index contributed by atoms with van der Waals surface area (Å²) in [6, 6.07) is 1.72. The average molecular weight is 340 g/mol. The molecule has 1 heterocycles. The highest BCUT2D eigenvalue weighted by atomic mass is 19.2. The Balaban J connectivity index is 1.58. The van der Waals surface area contributed by atoms with Gasteiger partial charge in [0.05, 0.1) is 17.5 Å². The molecule has 3 rings (SSSR count).